The highest BCUT2D eigenvalue weighted by Crippen LogP contribution is 2.40. The van der Waals surface area contributed by atoms with Gasteiger partial charge in [-0.1, -0.05) is 79.9 Å². The van der Waals surface area contributed by atoms with E-state index in [2.05, 4.69) is 59.0 Å². The molecule has 9 nitrogen and oxygen atoms in total. The molecule has 3 amide bonds. The molecule has 3 saturated heterocycles. The lowest BCUT2D eigenvalue weighted by atomic mass is 9.83. The molecule has 1 saturated carbocycles. The summed E-state index contributed by atoms with van der Waals surface area (Å²) in [5.41, 5.74) is 5.83. The monoisotopic (exact) mass is 726 g/mol. The van der Waals surface area contributed by atoms with Crippen LogP contribution in [0.15, 0.2) is 91.0 Å². The second-order valence-corrected chi connectivity index (χ2v) is 15.9. The predicted octanol–water partition coefficient (Wildman–Crippen LogP) is 7.23. The first-order chi connectivity index (χ1) is 26.4. The van der Waals surface area contributed by atoms with E-state index in [4.69, 9.17) is 5.10 Å². The predicted molar refractivity (Wildman–Crippen MR) is 211 cm³/mol. The van der Waals surface area contributed by atoms with Crippen LogP contribution in [0.2, 0.25) is 0 Å². The van der Waals surface area contributed by atoms with Crippen LogP contribution in [-0.4, -0.2) is 87.1 Å². The van der Waals surface area contributed by atoms with Gasteiger partial charge in [-0.25, -0.2) is 0 Å². The molecular formula is C45H54N6O3. The van der Waals surface area contributed by atoms with E-state index < -0.39 is 5.54 Å². The number of aryl methyl sites for hydroxylation is 1. The number of amides is 3. The summed E-state index contributed by atoms with van der Waals surface area (Å²) in [6.45, 7) is 5.71. The van der Waals surface area contributed by atoms with Crippen LogP contribution in [0.3, 0.4) is 0 Å². The van der Waals surface area contributed by atoms with Crippen LogP contribution in [0.25, 0.3) is 0 Å². The second-order valence-electron chi connectivity index (χ2n) is 15.9. The molecule has 0 atom stereocenters. The first-order valence-electron chi connectivity index (χ1n) is 20.3. The zero-order valence-electron chi connectivity index (χ0n) is 31.7. The number of carbonyl (C=O) groups is 3. The number of carbonyl (C=O) groups excluding carboxylic acids is 3. The third-order valence-corrected chi connectivity index (χ3v) is 12.7. The van der Waals surface area contributed by atoms with Crippen LogP contribution in [-0.2, 0) is 22.6 Å². The number of piperidine rings is 2. The Labute approximate surface area is 319 Å². The van der Waals surface area contributed by atoms with Crippen LogP contribution in [0.1, 0.15) is 109 Å². The van der Waals surface area contributed by atoms with Crippen LogP contribution in [0.5, 0.6) is 0 Å². The summed E-state index contributed by atoms with van der Waals surface area (Å²) in [4.78, 5) is 49.8. The molecule has 1 spiro atoms. The maximum absolute atomic E-state index is 14.5. The molecular weight excluding hydrogens is 673 g/mol. The summed E-state index contributed by atoms with van der Waals surface area (Å²) in [7, 11) is 0. The van der Waals surface area contributed by atoms with E-state index in [9.17, 15) is 14.4 Å². The van der Waals surface area contributed by atoms with Crippen molar-refractivity contribution in [2.75, 3.05) is 44.3 Å². The fourth-order valence-electron chi connectivity index (χ4n) is 9.57. The minimum atomic E-state index is -0.785. The van der Waals surface area contributed by atoms with Crippen LogP contribution < -0.4 is 4.90 Å². The summed E-state index contributed by atoms with van der Waals surface area (Å²) >= 11 is 0. The van der Waals surface area contributed by atoms with Gasteiger partial charge in [-0.15, -0.1) is 0 Å². The van der Waals surface area contributed by atoms with Gasteiger partial charge < -0.3 is 19.6 Å². The number of anilines is 1. The van der Waals surface area contributed by atoms with E-state index in [1.807, 2.05) is 58.3 Å². The van der Waals surface area contributed by atoms with Gasteiger partial charge in [-0.05, 0) is 92.8 Å². The van der Waals surface area contributed by atoms with Crippen molar-refractivity contribution in [2.24, 2.45) is 0 Å². The quantitative estimate of drug-likeness (QED) is 0.182. The van der Waals surface area contributed by atoms with Crippen molar-refractivity contribution in [1.82, 2.24) is 24.5 Å². The van der Waals surface area contributed by atoms with Crippen molar-refractivity contribution >= 4 is 23.4 Å². The Kier molecular flexibility index (Phi) is 10.6. The molecule has 4 heterocycles. The second kappa shape index (κ2) is 15.8. The number of nitrogens with zero attached hydrogens (tertiary/aromatic N) is 6. The fraction of sp³-hybridized carbons (Fsp3) is 0.467. The number of hydrogen-bond donors (Lipinski definition) is 0. The molecule has 9 heteroatoms. The summed E-state index contributed by atoms with van der Waals surface area (Å²) in [6.07, 6.45) is 9.99. The van der Waals surface area contributed by atoms with Crippen molar-refractivity contribution < 1.29 is 14.4 Å². The van der Waals surface area contributed by atoms with E-state index in [-0.39, 0.29) is 24.3 Å². The number of para-hydroxylation sites is 1. The normalized spacial score (nSPS) is 19.5. The molecule has 4 aliphatic rings. The number of benzene rings is 3. The van der Waals surface area contributed by atoms with E-state index >= 15 is 0 Å². The lowest BCUT2D eigenvalue weighted by Crippen LogP contribution is -2.57. The van der Waals surface area contributed by atoms with Crippen molar-refractivity contribution in [2.45, 2.75) is 95.1 Å². The van der Waals surface area contributed by atoms with E-state index in [0.717, 1.165) is 37.2 Å². The first kappa shape index (κ1) is 36.1. The highest BCUT2D eigenvalue weighted by atomic mass is 16.2. The maximum atomic E-state index is 14.5. The van der Waals surface area contributed by atoms with Gasteiger partial charge in [-0.3, -0.25) is 19.1 Å². The van der Waals surface area contributed by atoms with Gasteiger partial charge in [0.15, 0.2) is 0 Å². The molecule has 4 fully saturated rings. The fourth-order valence-corrected chi connectivity index (χ4v) is 9.57. The van der Waals surface area contributed by atoms with Crippen molar-refractivity contribution in [1.29, 1.82) is 0 Å². The molecule has 0 unspecified atom stereocenters. The van der Waals surface area contributed by atoms with Crippen molar-refractivity contribution in [3.05, 3.63) is 119 Å². The SMILES string of the molecule is CCn1nc(Cc2ccccc2)cc1C1CCN(C(=O)CN2CN(c3ccccc3)C3(CCN(C(=O)c4ccc(C5CCCCC5)cc4)CC3)C2=O)CC1. The standard InChI is InChI=1S/C45H54N6O3/c1-2-51-41(31-39(46-51)30-34-12-6-3-7-13-34)37-22-26-47(27-23-37)42(52)32-49-33-50(40-16-10-5-11-17-40)45(44(49)54)24-28-48(29-25-45)43(53)38-20-18-36(19-21-38)35-14-8-4-9-15-35/h3,5-7,10-13,16-21,31,35,37H,2,4,8-9,14-15,22-30,32-33H2,1H3. The highest BCUT2D eigenvalue weighted by molar-refractivity contribution is 5.97. The van der Waals surface area contributed by atoms with Gasteiger partial charge >= 0.3 is 0 Å². The molecule has 3 aliphatic heterocycles. The smallest absolute Gasteiger partial charge is 0.253 e. The van der Waals surface area contributed by atoms with Crippen molar-refractivity contribution in [3.8, 4) is 0 Å². The molecule has 0 radical (unpaired) electrons. The molecule has 1 aliphatic carbocycles. The third kappa shape index (κ3) is 7.29. The van der Waals surface area contributed by atoms with Crippen LogP contribution in [0.4, 0.5) is 5.69 Å². The van der Waals surface area contributed by atoms with Crippen LogP contribution >= 0.6 is 0 Å². The molecule has 3 aromatic carbocycles. The molecule has 4 aromatic rings. The number of likely N-dealkylation sites (tertiary alicyclic amines) is 2. The van der Waals surface area contributed by atoms with Gasteiger partial charge in [0.05, 0.1) is 12.4 Å². The largest absolute Gasteiger partial charge is 0.341 e. The summed E-state index contributed by atoms with van der Waals surface area (Å²) in [5.74, 6) is 0.980. The molecule has 8 rings (SSSR count). The van der Waals surface area contributed by atoms with Gasteiger partial charge in [0.2, 0.25) is 5.91 Å². The first-order valence-corrected chi connectivity index (χ1v) is 20.3. The molecule has 0 bridgehead atoms. The van der Waals surface area contributed by atoms with E-state index in [1.54, 1.807) is 4.90 Å². The Morgan fingerprint density at radius 1 is 0.759 bits per heavy atom. The van der Waals surface area contributed by atoms with Gasteiger partial charge in [0.1, 0.15) is 12.1 Å². The zero-order valence-corrected chi connectivity index (χ0v) is 31.7. The Morgan fingerprint density at radius 2 is 1.43 bits per heavy atom. The number of hydrogen-bond acceptors (Lipinski definition) is 5. The van der Waals surface area contributed by atoms with E-state index in [0.29, 0.717) is 63.1 Å². The third-order valence-electron chi connectivity index (χ3n) is 12.7. The average molecular weight is 727 g/mol. The molecule has 1 aromatic heterocycles. The molecule has 282 valence electrons. The van der Waals surface area contributed by atoms with Gasteiger partial charge in [-0.2, -0.15) is 5.10 Å². The topological polar surface area (TPSA) is 82.0 Å². The van der Waals surface area contributed by atoms with Crippen LogP contribution in [0, 0.1) is 0 Å². The Hall–Kier alpha value is -4.92. The molecule has 0 N–H and O–H groups in total. The Balaban J connectivity index is 0.903. The lowest BCUT2D eigenvalue weighted by Gasteiger charge is -2.43. The van der Waals surface area contributed by atoms with Crippen molar-refractivity contribution in [3.63, 3.8) is 0 Å². The summed E-state index contributed by atoms with van der Waals surface area (Å²) in [5, 5.41) is 4.92. The summed E-state index contributed by atoms with van der Waals surface area (Å²) in [6, 6.07) is 31.0. The average Bonchev–Trinajstić information content (AvgIpc) is 3.76. The van der Waals surface area contributed by atoms with Gasteiger partial charge in [0.25, 0.3) is 11.8 Å². The zero-order chi connectivity index (χ0) is 37.1. The molecule has 54 heavy (non-hydrogen) atoms. The minimum Gasteiger partial charge on any atom is -0.341 e. The maximum Gasteiger partial charge on any atom is 0.253 e. The minimum absolute atomic E-state index is 0.00341. The lowest BCUT2D eigenvalue weighted by molar-refractivity contribution is -0.141. The number of aromatic nitrogens is 2. The van der Waals surface area contributed by atoms with E-state index in [1.165, 1.54) is 48.9 Å². The number of rotatable bonds is 9. The Bertz CT molecular complexity index is 1900. The van der Waals surface area contributed by atoms with Gasteiger partial charge in [0, 0.05) is 62.0 Å². The highest BCUT2D eigenvalue weighted by Gasteiger charge is 2.54. The Morgan fingerprint density at radius 3 is 2.09 bits per heavy atom. The summed E-state index contributed by atoms with van der Waals surface area (Å²) < 4.78 is 2.13.